The number of hydrogen-bond acceptors (Lipinski definition) is 3. The van der Waals surface area contributed by atoms with E-state index in [1.807, 2.05) is 24.3 Å². The molecule has 0 N–H and O–H groups in total. The number of furan rings is 1. The molecule has 0 radical (unpaired) electrons. The average molecular weight is 227 g/mol. The Hall–Kier alpha value is -1.95. The van der Waals surface area contributed by atoms with Gasteiger partial charge in [-0.25, -0.2) is 0 Å². The van der Waals surface area contributed by atoms with Gasteiger partial charge in [0, 0.05) is 0 Å². The third-order valence-electron chi connectivity index (χ3n) is 3.34. The van der Waals surface area contributed by atoms with Gasteiger partial charge < -0.3 is 9.15 Å². The molecule has 3 nitrogen and oxygen atoms in total. The van der Waals surface area contributed by atoms with Crippen molar-refractivity contribution >= 4 is 11.0 Å². The van der Waals surface area contributed by atoms with E-state index in [1.54, 1.807) is 0 Å². The number of hydrogen-bond donors (Lipinski definition) is 0. The molecule has 1 heterocycles. The summed E-state index contributed by atoms with van der Waals surface area (Å²) >= 11 is 0. The molecule has 0 unspecified atom stereocenters. The first-order chi connectivity index (χ1) is 8.38. The molecule has 86 valence electrons. The lowest BCUT2D eigenvalue weighted by Crippen LogP contribution is -2.19. The third-order valence-corrected chi connectivity index (χ3v) is 3.34. The molecule has 0 aliphatic heterocycles. The summed E-state index contributed by atoms with van der Waals surface area (Å²) in [5, 5.41) is 9.92. The molecule has 1 saturated carbocycles. The van der Waals surface area contributed by atoms with Crippen molar-refractivity contribution in [3.63, 3.8) is 0 Å². The van der Waals surface area contributed by atoms with Gasteiger partial charge in [-0.3, -0.25) is 0 Å². The highest BCUT2D eigenvalue weighted by Crippen LogP contribution is 2.34. The summed E-state index contributed by atoms with van der Waals surface area (Å²) < 4.78 is 11.2. The molecule has 1 aromatic carbocycles. The molecule has 0 saturated heterocycles. The fourth-order valence-corrected chi connectivity index (χ4v) is 2.10. The number of nitrogens with zero attached hydrogens (tertiary/aromatic N) is 1. The molecule has 0 spiro atoms. The lowest BCUT2D eigenvalue weighted by Gasteiger charge is -2.24. The zero-order chi connectivity index (χ0) is 11.7. The molecule has 1 fully saturated rings. The van der Waals surface area contributed by atoms with E-state index in [0.717, 1.165) is 5.39 Å². The van der Waals surface area contributed by atoms with E-state index in [9.17, 15) is 0 Å². The molecule has 1 aromatic heterocycles. The predicted molar refractivity (Wildman–Crippen MR) is 63.8 cm³/mol. The van der Waals surface area contributed by atoms with Gasteiger partial charge in [-0.2, -0.15) is 5.26 Å². The molecule has 17 heavy (non-hydrogen) atoms. The number of rotatable bonds is 3. The Kier molecular flexibility index (Phi) is 2.49. The van der Waals surface area contributed by atoms with E-state index in [4.69, 9.17) is 14.4 Å². The van der Waals surface area contributed by atoms with Crippen molar-refractivity contribution in [2.24, 2.45) is 5.92 Å². The molecule has 1 aliphatic rings. The van der Waals surface area contributed by atoms with Crippen molar-refractivity contribution in [3.8, 4) is 11.8 Å². The highest BCUT2D eigenvalue weighted by molar-refractivity contribution is 5.86. The van der Waals surface area contributed by atoms with E-state index in [0.29, 0.717) is 23.9 Å². The number of nitriles is 1. The second-order valence-electron chi connectivity index (χ2n) is 4.48. The zero-order valence-corrected chi connectivity index (χ0v) is 9.48. The molecule has 3 rings (SSSR count). The molecule has 0 bridgehead atoms. The van der Waals surface area contributed by atoms with Crippen molar-refractivity contribution < 1.29 is 9.15 Å². The van der Waals surface area contributed by atoms with Crippen LogP contribution in [-0.2, 0) is 0 Å². The molecular weight excluding hydrogens is 214 g/mol. The lowest BCUT2D eigenvalue weighted by molar-refractivity contribution is 0.180. The van der Waals surface area contributed by atoms with Crippen LogP contribution in [0.25, 0.3) is 11.0 Å². The number of ether oxygens (including phenoxy) is 1. The zero-order valence-electron chi connectivity index (χ0n) is 9.48. The number of fused-ring (bicyclic) bond motifs is 1. The van der Waals surface area contributed by atoms with Crippen LogP contribution in [-0.4, -0.2) is 6.61 Å². The van der Waals surface area contributed by atoms with Crippen LogP contribution in [0.3, 0.4) is 0 Å². The van der Waals surface area contributed by atoms with Crippen LogP contribution in [0.5, 0.6) is 5.75 Å². The molecular formula is C14H13NO2. The first-order valence-electron chi connectivity index (χ1n) is 5.93. The Labute approximate surface area is 99.6 Å². The third kappa shape index (κ3) is 1.76. The van der Waals surface area contributed by atoms with E-state index >= 15 is 0 Å². The van der Waals surface area contributed by atoms with Crippen molar-refractivity contribution in [2.45, 2.75) is 19.3 Å². The summed E-state index contributed by atoms with van der Waals surface area (Å²) in [6.45, 7) is 0.693. The van der Waals surface area contributed by atoms with Gasteiger partial charge in [-0.05, 0) is 30.9 Å². The minimum atomic E-state index is 0.283. The maximum atomic E-state index is 9.03. The fraction of sp³-hybridized carbons (Fsp3) is 0.357. The standard InChI is InChI=1S/C14H13NO2/c15-8-13-14(16-9-10-4-3-5-10)11-6-1-2-7-12(11)17-13/h1-2,6-7,10H,3-5,9H2. The van der Waals surface area contributed by atoms with Crippen LogP contribution >= 0.6 is 0 Å². The van der Waals surface area contributed by atoms with E-state index in [2.05, 4.69) is 6.07 Å². The smallest absolute Gasteiger partial charge is 0.246 e. The SMILES string of the molecule is N#Cc1oc2ccccc2c1OCC1CCC1. The molecule has 3 heteroatoms. The Morgan fingerprint density at radius 2 is 2.18 bits per heavy atom. The van der Waals surface area contributed by atoms with Crippen molar-refractivity contribution in [1.82, 2.24) is 0 Å². The second kappa shape index (κ2) is 4.14. The summed E-state index contributed by atoms with van der Waals surface area (Å²) in [6.07, 6.45) is 3.76. The summed E-state index contributed by atoms with van der Waals surface area (Å²) in [6, 6.07) is 9.65. The maximum absolute atomic E-state index is 9.03. The largest absolute Gasteiger partial charge is 0.488 e. The Morgan fingerprint density at radius 3 is 2.88 bits per heavy atom. The summed E-state index contributed by atoms with van der Waals surface area (Å²) in [4.78, 5) is 0. The molecule has 2 aromatic rings. The first-order valence-corrected chi connectivity index (χ1v) is 5.93. The summed E-state index contributed by atoms with van der Waals surface area (Å²) in [5.74, 6) is 1.54. The second-order valence-corrected chi connectivity index (χ2v) is 4.48. The van der Waals surface area contributed by atoms with Gasteiger partial charge in [0.2, 0.25) is 5.76 Å². The quantitative estimate of drug-likeness (QED) is 0.806. The van der Waals surface area contributed by atoms with Crippen molar-refractivity contribution in [2.75, 3.05) is 6.61 Å². The van der Waals surface area contributed by atoms with Crippen LogP contribution in [0.4, 0.5) is 0 Å². The van der Waals surface area contributed by atoms with Crippen LogP contribution in [0, 0.1) is 17.2 Å². The minimum Gasteiger partial charge on any atom is -0.488 e. The highest BCUT2D eigenvalue weighted by Gasteiger charge is 2.21. The van der Waals surface area contributed by atoms with Gasteiger partial charge in [0.15, 0.2) is 5.75 Å². The van der Waals surface area contributed by atoms with E-state index in [1.165, 1.54) is 19.3 Å². The highest BCUT2D eigenvalue weighted by atomic mass is 16.5. The molecule has 0 atom stereocenters. The van der Waals surface area contributed by atoms with Gasteiger partial charge in [0.05, 0.1) is 12.0 Å². The van der Waals surface area contributed by atoms with Gasteiger partial charge in [-0.15, -0.1) is 0 Å². The molecule has 0 amide bonds. The molecule has 1 aliphatic carbocycles. The van der Waals surface area contributed by atoms with Crippen LogP contribution in [0.1, 0.15) is 25.0 Å². The van der Waals surface area contributed by atoms with Crippen molar-refractivity contribution in [1.29, 1.82) is 5.26 Å². The fourth-order valence-electron chi connectivity index (χ4n) is 2.10. The van der Waals surface area contributed by atoms with Crippen LogP contribution in [0.2, 0.25) is 0 Å². The normalized spacial score (nSPS) is 15.5. The van der Waals surface area contributed by atoms with E-state index in [-0.39, 0.29) is 5.76 Å². The Bertz CT molecular complexity index is 575. The Balaban J connectivity index is 1.92. The average Bonchev–Trinajstić information content (AvgIpc) is 2.66. The van der Waals surface area contributed by atoms with Gasteiger partial charge >= 0.3 is 0 Å². The minimum absolute atomic E-state index is 0.283. The van der Waals surface area contributed by atoms with Crippen molar-refractivity contribution in [3.05, 3.63) is 30.0 Å². The number of para-hydroxylation sites is 1. The monoisotopic (exact) mass is 227 g/mol. The van der Waals surface area contributed by atoms with Crippen LogP contribution in [0.15, 0.2) is 28.7 Å². The summed E-state index contributed by atoms with van der Waals surface area (Å²) in [5.41, 5.74) is 0.715. The maximum Gasteiger partial charge on any atom is 0.246 e. The first kappa shape index (κ1) is 10.2. The number of benzene rings is 1. The predicted octanol–water partition coefficient (Wildman–Crippen LogP) is 3.48. The Morgan fingerprint density at radius 1 is 1.35 bits per heavy atom. The van der Waals surface area contributed by atoms with Gasteiger partial charge in [-0.1, -0.05) is 18.6 Å². The van der Waals surface area contributed by atoms with Gasteiger partial charge in [0.25, 0.3) is 0 Å². The van der Waals surface area contributed by atoms with Gasteiger partial charge in [0.1, 0.15) is 11.7 Å². The topological polar surface area (TPSA) is 46.2 Å². The van der Waals surface area contributed by atoms with E-state index < -0.39 is 0 Å². The summed E-state index contributed by atoms with van der Waals surface area (Å²) in [7, 11) is 0. The lowest BCUT2D eigenvalue weighted by atomic mass is 9.86. The van der Waals surface area contributed by atoms with Crippen LogP contribution < -0.4 is 4.74 Å².